The molecule has 2 heterocycles. The molecule has 0 spiro atoms. The van der Waals surface area contributed by atoms with E-state index in [2.05, 4.69) is 47.9 Å². The van der Waals surface area contributed by atoms with Gasteiger partial charge in [-0.1, -0.05) is 5.16 Å². The predicted octanol–water partition coefficient (Wildman–Crippen LogP) is 3.74. The highest BCUT2D eigenvalue weighted by molar-refractivity contribution is 5.80. The number of imidazole rings is 1. The number of hydrogen-bond donors (Lipinski definition) is 1. The van der Waals surface area contributed by atoms with Crippen LogP contribution in [-0.4, -0.2) is 21.3 Å². The normalized spacial score (nSPS) is 11.3. The van der Waals surface area contributed by atoms with Gasteiger partial charge in [-0.3, -0.25) is 0 Å². The molecule has 0 atom stereocenters. The van der Waals surface area contributed by atoms with E-state index in [0.717, 1.165) is 40.5 Å². The highest BCUT2D eigenvalue weighted by Gasteiger charge is 2.16. The summed E-state index contributed by atoms with van der Waals surface area (Å²) in [4.78, 5) is 4.75. The van der Waals surface area contributed by atoms with Gasteiger partial charge in [0.25, 0.3) is 0 Å². The second-order valence-electron chi connectivity index (χ2n) is 5.78. The maximum absolute atomic E-state index is 5.29. The monoisotopic (exact) mass is 298 g/mol. The Labute approximate surface area is 130 Å². The lowest BCUT2D eigenvalue weighted by Gasteiger charge is -2.10. The number of nitrogens with one attached hydrogen (secondary N) is 1. The lowest BCUT2D eigenvalue weighted by molar-refractivity contribution is 0.392. The summed E-state index contributed by atoms with van der Waals surface area (Å²) >= 11 is 0. The molecule has 0 aliphatic carbocycles. The van der Waals surface area contributed by atoms with Gasteiger partial charge >= 0.3 is 0 Å². The molecule has 0 bridgehead atoms. The molecule has 0 fully saturated rings. The van der Waals surface area contributed by atoms with Gasteiger partial charge in [0, 0.05) is 12.1 Å². The Bertz CT molecular complexity index is 809. The molecule has 0 amide bonds. The molecule has 116 valence electrons. The summed E-state index contributed by atoms with van der Waals surface area (Å²) in [5.41, 5.74) is 6.75. The first-order chi connectivity index (χ1) is 10.5. The smallest absolute Gasteiger partial charge is 0.204 e. The SMILES string of the molecule is CCNc1nc2cc(C)c(C)cc2n1Cc1c(C)noc1C. The van der Waals surface area contributed by atoms with Gasteiger partial charge in [-0.15, -0.1) is 0 Å². The zero-order valence-corrected chi connectivity index (χ0v) is 13.8. The van der Waals surface area contributed by atoms with Gasteiger partial charge in [-0.2, -0.15) is 0 Å². The molecule has 22 heavy (non-hydrogen) atoms. The highest BCUT2D eigenvalue weighted by atomic mass is 16.5. The first-order valence-corrected chi connectivity index (χ1v) is 7.64. The predicted molar refractivity (Wildman–Crippen MR) is 88.4 cm³/mol. The van der Waals surface area contributed by atoms with E-state index in [-0.39, 0.29) is 0 Å². The summed E-state index contributed by atoms with van der Waals surface area (Å²) in [6.45, 7) is 11.8. The third-order valence-corrected chi connectivity index (χ3v) is 4.20. The maximum atomic E-state index is 5.29. The molecule has 0 aliphatic rings. The summed E-state index contributed by atoms with van der Waals surface area (Å²) < 4.78 is 7.50. The Balaban J connectivity index is 2.17. The molecule has 5 nitrogen and oxygen atoms in total. The Morgan fingerprint density at radius 3 is 2.50 bits per heavy atom. The van der Waals surface area contributed by atoms with E-state index in [0.29, 0.717) is 6.54 Å². The van der Waals surface area contributed by atoms with Crippen LogP contribution in [0.15, 0.2) is 16.7 Å². The van der Waals surface area contributed by atoms with Crippen LogP contribution < -0.4 is 5.32 Å². The fourth-order valence-corrected chi connectivity index (χ4v) is 2.72. The second-order valence-corrected chi connectivity index (χ2v) is 5.78. The van der Waals surface area contributed by atoms with Crippen molar-refractivity contribution < 1.29 is 4.52 Å². The van der Waals surface area contributed by atoms with E-state index in [1.165, 1.54) is 11.1 Å². The minimum Gasteiger partial charge on any atom is -0.361 e. The third kappa shape index (κ3) is 2.36. The first-order valence-electron chi connectivity index (χ1n) is 7.64. The molecule has 1 aromatic carbocycles. The fourth-order valence-electron chi connectivity index (χ4n) is 2.72. The van der Waals surface area contributed by atoms with Crippen LogP contribution in [0.5, 0.6) is 0 Å². The summed E-state index contributed by atoms with van der Waals surface area (Å²) in [6, 6.07) is 4.35. The lowest BCUT2D eigenvalue weighted by Crippen LogP contribution is -2.09. The summed E-state index contributed by atoms with van der Waals surface area (Å²) in [5.74, 6) is 1.76. The molecule has 3 aromatic rings. The highest BCUT2D eigenvalue weighted by Crippen LogP contribution is 2.26. The molecule has 0 unspecified atom stereocenters. The average Bonchev–Trinajstić information content (AvgIpc) is 2.95. The van der Waals surface area contributed by atoms with E-state index in [4.69, 9.17) is 9.51 Å². The van der Waals surface area contributed by atoms with Crippen molar-refractivity contribution in [3.63, 3.8) is 0 Å². The minimum absolute atomic E-state index is 0.711. The molecule has 1 N–H and O–H groups in total. The number of hydrogen-bond acceptors (Lipinski definition) is 4. The lowest BCUT2D eigenvalue weighted by atomic mass is 10.1. The van der Waals surface area contributed by atoms with Crippen LogP contribution in [0.4, 0.5) is 5.95 Å². The number of anilines is 1. The molecule has 0 saturated heterocycles. The zero-order valence-electron chi connectivity index (χ0n) is 13.8. The van der Waals surface area contributed by atoms with Crippen molar-refractivity contribution >= 4 is 17.0 Å². The minimum atomic E-state index is 0.711. The Morgan fingerprint density at radius 2 is 1.86 bits per heavy atom. The van der Waals surface area contributed by atoms with Gasteiger partial charge < -0.3 is 14.4 Å². The van der Waals surface area contributed by atoms with E-state index >= 15 is 0 Å². The maximum Gasteiger partial charge on any atom is 0.204 e. The van der Waals surface area contributed by atoms with Crippen molar-refractivity contribution in [2.75, 3.05) is 11.9 Å². The van der Waals surface area contributed by atoms with E-state index in [1.807, 2.05) is 13.8 Å². The molecular formula is C17H22N4O. The standard InChI is InChI=1S/C17H22N4O/c1-6-18-17-19-15-7-10(2)11(3)8-16(15)21(17)9-14-12(4)20-22-13(14)5/h7-8H,6,9H2,1-5H3,(H,18,19). The van der Waals surface area contributed by atoms with Gasteiger partial charge in [-0.05, 0) is 57.9 Å². The second kappa shape index (κ2) is 5.48. The van der Waals surface area contributed by atoms with Gasteiger partial charge in [-0.25, -0.2) is 4.98 Å². The molecule has 0 radical (unpaired) electrons. The summed E-state index contributed by atoms with van der Waals surface area (Å²) in [7, 11) is 0. The molecule has 0 saturated carbocycles. The van der Waals surface area contributed by atoms with Crippen LogP contribution in [0.25, 0.3) is 11.0 Å². The Hall–Kier alpha value is -2.30. The van der Waals surface area contributed by atoms with E-state index < -0.39 is 0 Å². The number of nitrogens with zero attached hydrogens (tertiary/aromatic N) is 3. The quantitative estimate of drug-likeness (QED) is 0.797. The van der Waals surface area contributed by atoms with Gasteiger partial charge in [0.2, 0.25) is 5.95 Å². The van der Waals surface area contributed by atoms with Gasteiger partial charge in [0.15, 0.2) is 0 Å². The molecule has 3 rings (SSSR count). The van der Waals surface area contributed by atoms with Crippen LogP contribution in [0.3, 0.4) is 0 Å². The molecular weight excluding hydrogens is 276 g/mol. The Morgan fingerprint density at radius 1 is 1.14 bits per heavy atom. The van der Waals surface area contributed by atoms with Gasteiger partial charge in [0.05, 0.1) is 23.3 Å². The molecule has 2 aromatic heterocycles. The van der Waals surface area contributed by atoms with Gasteiger partial charge in [0.1, 0.15) is 5.76 Å². The third-order valence-electron chi connectivity index (χ3n) is 4.20. The van der Waals surface area contributed by atoms with Crippen molar-refractivity contribution in [1.82, 2.24) is 14.7 Å². The van der Waals surface area contributed by atoms with Crippen molar-refractivity contribution in [3.8, 4) is 0 Å². The van der Waals surface area contributed by atoms with Crippen molar-refractivity contribution in [3.05, 3.63) is 40.3 Å². The van der Waals surface area contributed by atoms with Crippen LogP contribution in [0.1, 0.15) is 35.1 Å². The van der Waals surface area contributed by atoms with Crippen molar-refractivity contribution in [1.29, 1.82) is 0 Å². The molecule has 5 heteroatoms. The van der Waals surface area contributed by atoms with E-state index in [1.54, 1.807) is 0 Å². The number of aromatic nitrogens is 3. The van der Waals surface area contributed by atoms with Crippen LogP contribution >= 0.6 is 0 Å². The van der Waals surface area contributed by atoms with Crippen LogP contribution in [0, 0.1) is 27.7 Å². The van der Waals surface area contributed by atoms with Crippen LogP contribution in [0.2, 0.25) is 0 Å². The zero-order chi connectivity index (χ0) is 15.9. The van der Waals surface area contributed by atoms with Crippen molar-refractivity contribution in [2.45, 2.75) is 41.2 Å². The first kappa shape index (κ1) is 14.6. The number of aryl methyl sites for hydroxylation is 4. The van der Waals surface area contributed by atoms with E-state index in [9.17, 15) is 0 Å². The number of benzene rings is 1. The summed E-state index contributed by atoms with van der Waals surface area (Å²) in [6.07, 6.45) is 0. The molecule has 0 aliphatic heterocycles. The average molecular weight is 298 g/mol. The topological polar surface area (TPSA) is 55.9 Å². The largest absolute Gasteiger partial charge is 0.361 e. The fraction of sp³-hybridized carbons (Fsp3) is 0.412. The number of fused-ring (bicyclic) bond motifs is 1. The Kier molecular flexibility index (Phi) is 3.64. The summed E-state index contributed by atoms with van der Waals surface area (Å²) in [5, 5.41) is 7.41. The number of rotatable bonds is 4. The van der Waals surface area contributed by atoms with Crippen LogP contribution in [-0.2, 0) is 6.54 Å². The van der Waals surface area contributed by atoms with Crippen molar-refractivity contribution in [2.24, 2.45) is 0 Å².